The van der Waals surface area contributed by atoms with E-state index in [1.54, 1.807) is 0 Å². The van der Waals surface area contributed by atoms with Crippen LogP contribution in [-0.4, -0.2) is 22.6 Å². The van der Waals surface area contributed by atoms with Gasteiger partial charge in [-0.25, -0.2) is 9.59 Å². The van der Waals surface area contributed by atoms with Crippen molar-refractivity contribution in [3.05, 3.63) is 11.6 Å². The molecule has 0 atom stereocenters. The van der Waals surface area contributed by atoms with E-state index < -0.39 is 17.5 Å². The third-order valence-corrected chi connectivity index (χ3v) is 1.33. The molecular formula is C7H8O4. The Kier molecular flexibility index (Phi) is 1.56. The van der Waals surface area contributed by atoms with Crippen molar-refractivity contribution in [3.8, 4) is 0 Å². The number of aliphatic hydroxyl groups is 1. The van der Waals surface area contributed by atoms with Gasteiger partial charge in [0.15, 0.2) is 0 Å². The van der Waals surface area contributed by atoms with Gasteiger partial charge in [-0.3, -0.25) is 0 Å². The molecule has 60 valence electrons. The quantitative estimate of drug-likeness (QED) is 0.420. The molecular weight excluding hydrogens is 148 g/mol. The van der Waals surface area contributed by atoms with Crippen molar-refractivity contribution < 1.29 is 19.4 Å². The molecule has 1 N–H and O–H groups in total. The number of cyclic esters (lactones) is 2. The molecule has 0 saturated heterocycles. The molecule has 0 aliphatic carbocycles. The van der Waals surface area contributed by atoms with Gasteiger partial charge in [0.1, 0.15) is 0 Å². The number of esters is 2. The maximum absolute atomic E-state index is 10.8. The van der Waals surface area contributed by atoms with Crippen LogP contribution in [0.15, 0.2) is 11.6 Å². The Balaban J connectivity index is 2.97. The standard InChI is InChI=1S/C7H8O4/c1-7(2,10)4-3-5(8)11-6(4)9/h3,10H,1-2H3. The van der Waals surface area contributed by atoms with Gasteiger partial charge in [0.2, 0.25) is 0 Å². The monoisotopic (exact) mass is 156 g/mol. The topological polar surface area (TPSA) is 63.6 Å². The lowest BCUT2D eigenvalue weighted by molar-refractivity contribution is -0.151. The van der Waals surface area contributed by atoms with Crippen molar-refractivity contribution in [2.75, 3.05) is 0 Å². The van der Waals surface area contributed by atoms with E-state index >= 15 is 0 Å². The minimum Gasteiger partial charge on any atom is -0.386 e. The van der Waals surface area contributed by atoms with E-state index in [1.165, 1.54) is 13.8 Å². The summed E-state index contributed by atoms with van der Waals surface area (Å²) in [5, 5.41) is 9.28. The molecule has 4 heteroatoms. The number of rotatable bonds is 1. The summed E-state index contributed by atoms with van der Waals surface area (Å²) in [6, 6.07) is 0. The van der Waals surface area contributed by atoms with Gasteiger partial charge in [-0.1, -0.05) is 0 Å². The van der Waals surface area contributed by atoms with E-state index in [9.17, 15) is 14.7 Å². The van der Waals surface area contributed by atoms with Gasteiger partial charge in [-0.2, -0.15) is 0 Å². The van der Waals surface area contributed by atoms with Gasteiger partial charge in [0, 0.05) is 6.08 Å². The number of carbonyl (C=O) groups excluding carboxylic acids is 2. The van der Waals surface area contributed by atoms with E-state index in [0.717, 1.165) is 6.08 Å². The van der Waals surface area contributed by atoms with Crippen LogP contribution >= 0.6 is 0 Å². The zero-order chi connectivity index (χ0) is 8.65. The Morgan fingerprint density at radius 3 is 2.18 bits per heavy atom. The molecule has 0 spiro atoms. The van der Waals surface area contributed by atoms with Crippen molar-refractivity contribution in [1.29, 1.82) is 0 Å². The fraction of sp³-hybridized carbons (Fsp3) is 0.429. The second-order valence-electron chi connectivity index (χ2n) is 2.83. The van der Waals surface area contributed by atoms with E-state index in [1.807, 2.05) is 0 Å². The van der Waals surface area contributed by atoms with Gasteiger partial charge in [-0.05, 0) is 13.8 Å². The molecule has 1 aliphatic heterocycles. The molecule has 0 saturated carbocycles. The molecule has 4 nitrogen and oxygen atoms in total. The molecule has 1 rings (SSSR count). The molecule has 11 heavy (non-hydrogen) atoms. The maximum atomic E-state index is 10.8. The summed E-state index contributed by atoms with van der Waals surface area (Å²) in [5.41, 5.74) is -1.30. The van der Waals surface area contributed by atoms with Crippen LogP contribution in [0.5, 0.6) is 0 Å². The van der Waals surface area contributed by atoms with Crippen LogP contribution in [0.1, 0.15) is 13.8 Å². The molecule has 0 fully saturated rings. The summed E-state index contributed by atoms with van der Waals surface area (Å²) in [5.74, 6) is -1.48. The molecule has 0 bridgehead atoms. The highest BCUT2D eigenvalue weighted by molar-refractivity contribution is 6.09. The molecule has 0 amide bonds. The fourth-order valence-electron chi connectivity index (χ4n) is 0.779. The molecule has 0 aromatic heterocycles. The lowest BCUT2D eigenvalue weighted by atomic mass is 9.99. The average Bonchev–Trinajstić information content (AvgIpc) is 2.08. The third-order valence-electron chi connectivity index (χ3n) is 1.33. The molecule has 0 aromatic rings. The van der Waals surface area contributed by atoms with E-state index in [2.05, 4.69) is 4.74 Å². The Morgan fingerprint density at radius 2 is 2.00 bits per heavy atom. The first-order valence-electron chi connectivity index (χ1n) is 3.12. The number of carbonyl (C=O) groups is 2. The summed E-state index contributed by atoms with van der Waals surface area (Å²) in [6.45, 7) is 2.83. The third kappa shape index (κ3) is 1.46. The summed E-state index contributed by atoms with van der Waals surface area (Å²) in [4.78, 5) is 21.2. The van der Waals surface area contributed by atoms with Gasteiger partial charge in [0.05, 0.1) is 11.2 Å². The lowest BCUT2D eigenvalue weighted by Crippen LogP contribution is -2.25. The predicted octanol–water partition coefficient (Wildman–Crippen LogP) is -0.233. The second-order valence-corrected chi connectivity index (χ2v) is 2.83. The SMILES string of the molecule is CC(C)(O)C1=CC(=O)OC1=O. The van der Waals surface area contributed by atoms with Gasteiger partial charge in [-0.15, -0.1) is 0 Å². The zero-order valence-corrected chi connectivity index (χ0v) is 6.25. The van der Waals surface area contributed by atoms with Crippen molar-refractivity contribution in [1.82, 2.24) is 0 Å². The van der Waals surface area contributed by atoms with E-state index in [4.69, 9.17) is 0 Å². The molecule has 1 heterocycles. The van der Waals surface area contributed by atoms with Crippen LogP contribution in [0.3, 0.4) is 0 Å². The highest BCUT2D eigenvalue weighted by Crippen LogP contribution is 2.21. The Hall–Kier alpha value is -1.16. The summed E-state index contributed by atoms with van der Waals surface area (Å²) >= 11 is 0. The van der Waals surface area contributed by atoms with E-state index in [-0.39, 0.29) is 5.57 Å². The van der Waals surface area contributed by atoms with Crippen LogP contribution in [-0.2, 0) is 14.3 Å². The molecule has 0 unspecified atom stereocenters. The van der Waals surface area contributed by atoms with Crippen LogP contribution in [0, 0.1) is 0 Å². The minimum atomic E-state index is -1.30. The Bertz CT molecular complexity index is 244. The number of hydrogen-bond donors (Lipinski definition) is 1. The van der Waals surface area contributed by atoms with Crippen LogP contribution in [0.25, 0.3) is 0 Å². The van der Waals surface area contributed by atoms with Crippen molar-refractivity contribution in [2.45, 2.75) is 19.4 Å². The summed E-state index contributed by atoms with van der Waals surface area (Å²) < 4.78 is 4.17. The lowest BCUT2D eigenvalue weighted by Gasteiger charge is -2.14. The Labute approximate surface area is 63.5 Å². The van der Waals surface area contributed by atoms with Gasteiger partial charge < -0.3 is 9.84 Å². The minimum absolute atomic E-state index is 0.00231. The van der Waals surface area contributed by atoms with E-state index in [0.29, 0.717) is 0 Å². The van der Waals surface area contributed by atoms with Crippen LogP contribution < -0.4 is 0 Å². The first kappa shape index (κ1) is 7.94. The average molecular weight is 156 g/mol. The predicted molar refractivity (Wildman–Crippen MR) is 35.5 cm³/mol. The van der Waals surface area contributed by atoms with Crippen LogP contribution in [0.2, 0.25) is 0 Å². The first-order valence-corrected chi connectivity index (χ1v) is 3.12. The first-order chi connectivity index (χ1) is 4.91. The highest BCUT2D eigenvalue weighted by Gasteiger charge is 2.34. The smallest absolute Gasteiger partial charge is 0.345 e. The normalized spacial score (nSPS) is 18.3. The van der Waals surface area contributed by atoms with Gasteiger partial charge >= 0.3 is 11.9 Å². The molecule has 0 aromatic carbocycles. The second kappa shape index (κ2) is 2.17. The highest BCUT2D eigenvalue weighted by atomic mass is 16.6. The molecule has 1 aliphatic rings. The van der Waals surface area contributed by atoms with Crippen molar-refractivity contribution in [3.63, 3.8) is 0 Å². The maximum Gasteiger partial charge on any atom is 0.345 e. The van der Waals surface area contributed by atoms with Crippen molar-refractivity contribution in [2.24, 2.45) is 0 Å². The number of hydrogen-bond acceptors (Lipinski definition) is 4. The largest absolute Gasteiger partial charge is 0.386 e. The van der Waals surface area contributed by atoms with Crippen LogP contribution in [0.4, 0.5) is 0 Å². The molecule has 0 radical (unpaired) electrons. The Morgan fingerprint density at radius 1 is 1.45 bits per heavy atom. The summed E-state index contributed by atoms with van der Waals surface area (Å²) in [7, 11) is 0. The van der Waals surface area contributed by atoms with Gasteiger partial charge in [0.25, 0.3) is 0 Å². The zero-order valence-electron chi connectivity index (χ0n) is 6.25. The number of ether oxygens (including phenoxy) is 1. The van der Waals surface area contributed by atoms with Crippen molar-refractivity contribution >= 4 is 11.9 Å². The summed E-state index contributed by atoms with van der Waals surface area (Å²) in [6.07, 6.45) is 1.00. The fourth-order valence-corrected chi connectivity index (χ4v) is 0.779.